The molecule has 0 spiro atoms. The molecule has 2 nitrogen and oxygen atoms in total. The van der Waals surface area contributed by atoms with Crippen LogP contribution in [-0.2, 0) is 0 Å². The molecule has 0 aliphatic carbocycles. The second kappa shape index (κ2) is 6.96. The first kappa shape index (κ1) is 20.5. The number of aromatic nitrogens is 1. The van der Waals surface area contributed by atoms with E-state index < -0.39 is 0 Å². The lowest BCUT2D eigenvalue weighted by Gasteiger charge is -2.43. The molecule has 3 aliphatic heterocycles. The van der Waals surface area contributed by atoms with Gasteiger partial charge in [-0.15, -0.1) is 0 Å². The highest BCUT2D eigenvalue weighted by molar-refractivity contribution is 7.99. The monoisotopic (exact) mass is 512 g/mol. The smallest absolute Gasteiger partial charge is 0.333 e. The molecule has 0 radical (unpaired) electrons. The van der Waals surface area contributed by atoms with Crippen molar-refractivity contribution < 1.29 is 0 Å². The van der Waals surface area contributed by atoms with Crippen LogP contribution in [-0.4, -0.2) is 11.3 Å². The zero-order valence-corrected chi connectivity index (χ0v) is 22.1. The maximum atomic E-state index is 2.66. The van der Waals surface area contributed by atoms with Gasteiger partial charge in [0.25, 0.3) is 0 Å². The van der Waals surface area contributed by atoms with E-state index in [1.54, 1.807) is 0 Å². The minimum Gasteiger partial charge on any atom is -0.375 e. The van der Waals surface area contributed by atoms with Crippen molar-refractivity contribution in [2.75, 3.05) is 4.90 Å². The number of hydrogen-bond donors (Lipinski definition) is 0. The quantitative estimate of drug-likeness (QED) is 0.190. The minimum absolute atomic E-state index is 0.115. The maximum absolute atomic E-state index is 2.66. The first-order valence-corrected chi connectivity index (χ1v) is 14.4. The summed E-state index contributed by atoms with van der Waals surface area (Å²) in [5.74, 6) is 0. The zero-order chi connectivity index (χ0) is 25.4. The van der Waals surface area contributed by atoms with Crippen molar-refractivity contribution in [3.05, 3.63) is 115 Å². The average molecular weight is 512 g/mol. The van der Waals surface area contributed by atoms with Gasteiger partial charge in [0.1, 0.15) is 0 Å². The van der Waals surface area contributed by atoms with Crippen LogP contribution in [0.15, 0.2) is 119 Å². The lowest BCUT2D eigenvalue weighted by atomic mass is 9.45. The molecule has 0 amide bonds. The number of aryl methyl sites for hydroxylation is 1. The molecule has 4 heterocycles. The molecule has 0 fully saturated rings. The Balaban J connectivity index is 1.43. The van der Waals surface area contributed by atoms with Crippen LogP contribution in [0.1, 0.15) is 5.56 Å². The van der Waals surface area contributed by atoms with E-state index in [-0.39, 0.29) is 6.85 Å². The highest BCUT2D eigenvalue weighted by atomic mass is 32.2. The molecule has 7 aromatic rings. The molecule has 0 bridgehead atoms. The van der Waals surface area contributed by atoms with E-state index in [0.717, 1.165) is 0 Å². The van der Waals surface area contributed by atoms with Gasteiger partial charge >= 0.3 is 6.85 Å². The van der Waals surface area contributed by atoms with Crippen LogP contribution in [0.5, 0.6) is 0 Å². The summed E-state index contributed by atoms with van der Waals surface area (Å²) in [6, 6.07) is 41.1. The number of rotatable bonds is 0. The summed E-state index contributed by atoms with van der Waals surface area (Å²) in [4.78, 5) is 5.19. The standard InChI is InChI=1S/C35H21BN2S/c1-20-16-26-24-11-6-10-23-25-18-21-8-2-3-9-22(21)19-29(25)38(34(23)24)36-27-12-7-15-32-35(27)37(30(17-20)33(26)36)28-13-4-5-14-31(28)39-32/h2-19H,1H3. The van der Waals surface area contributed by atoms with Crippen molar-refractivity contribution >= 4 is 79.2 Å². The molecule has 0 saturated heterocycles. The Hall–Kier alpha value is -4.41. The third-order valence-electron chi connectivity index (χ3n) is 8.93. The van der Waals surface area contributed by atoms with Gasteiger partial charge in [-0.3, -0.25) is 0 Å². The summed E-state index contributed by atoms with van der Waals surface area (Å²) in [5.41, 5.74) is 13.4. The second-order valence-corrected chi connectivity index (χ2v) is 12.1. The van der Waals surface area contributed by atoms with Crippen molar-refractivity contribution in [3.8, 4) is 11.1 Å². The number of benzene rings is 6. The third-order valence-corrected chi connectivity index (χ3v) is 10.0. The van der Waals surface area contributed by atoms with E-state index in [1.807, 2.05) is 11.8 Å². The molecule has 6 aromatic carbocycles. The highest BCUT2D eigenvalue weighted by Crippen LogP contribution is 2.53. The summed E-state index contributed by atoms with van der Waals surface area (Å²) in [6.45, 7) is 2.36. The molecule has 0 atom stereocenters. The van der Waals surface area contributed by atoms with E-state index in [0.29, 0.717) is 0 Å². The summed E-state index contributed by atoms with van der Waals surface area (Å²) in [7, 11) is 0. The Labute approximate surface area is 230 Å². The fourth-order valence-corrected chi connectivity index (χ4v) is 8.57. The molecule has 1 aromatic heterocycles. The summed E-state index contributed by atoms with van der Waals surface area (Å²) in [6.07, 6.45) is 0. The van der Waals surface area contributed by atoms with E-state index in [2.05, 4.69) is 125 Å². The van der Waals surface area contributed by atoms with Crippen LogP contribution in [0.3, 0.4) is 0 Å². The SMILES string of the molecule is Cc1cc2c3c(c1)N1c4ccccc4Sc4cccc(c41)B3n1c3cc4ccccc4cc3c3cccc-2c31. The fourth-order valence-electron chi connectivity index (χ4n) is 7.47. The summed E-state index contributed by atoms with van der Waals surface area (Å²) in [5, 5.41) is 5.26. The second-order valence-electron chi connectivity index (χ2n) is 11.0. The van der Waals surface area contributed by atoms with Crippen LogP contribution in [0, 0.1) is 6.92 Å². The Morgan fingerprint density at radius 3 is 2.36 bits per heavy atom. The Morgan fingerprint density at radius 2 is 1.44 bits per heavy atom. The normalized spacial score (nSPS) is 14.1. The molecule has 0 N–H and O–H groups in total. The Kier molecular flexibility index (Phi) is 3.67. The number of hydrogen-bond acceptors (Lipinski definition) is 2. The minimum atomic E-state index is 0.115. The predicted octanol–water partition coefficient (Wildman–Crippen LogP) is 8.14. The van der Waals surface area contributed by atoms with Gasteiger partial charge in [-0.25, -0.2) is 0 Å². The van der Waals surface area contributed by atoms with E-state index in [9.17, 15) is 0 Å². The van der Waals surface area contributed by atoms with Crippen LogP contribution < -0.4 is 15.8 Å². The maximum Gasteiger partial charge on any atom is 0.333 e. The van der Waals surface area contributed by atoms with Crippen LogP contribution >= 0.6 is 11.8 Å². The lowest BCUT2D eigenvalue weighted by Crippen LogP contribution is -2.57. The van der Waals surface area contributed by atoms with Crippen LogP contribution in [0.4, 0.5) is 17.1 Å². The average Bonchev–Trinajstić information content (AvgIpc) is 3.29. The third kappa shape index (κ3) is 2.43. The molecule has 0 unspecified atom stereocenters. The fraction of sp³-hybridized carbons (Fsp3) is 0.0286. The number of para-hydroxylation sites is 3. The first-order chi connectivity index (χ1) is 19.3. The molecule has 3 aliphatic rings. The molecule has 10 rings (SSSR count). The summed E-state index contributed by atoms with van der Waals surface area (Å²) >= 11 is 1.90. The topological polar surface area (TPSA) is 8.17 Å². The highest BCUT2D eigenvalue weighted by Gasteiger charge is 2.44. The first-order valence-electron chi connectivity index (χ1n) is 13.6. The molecule has 180 valence electrons. The van der Waals surface area contributed by atoms with E-state index in [1.165, 1.54) is 87.0 Å². The van der Waals surface area contributed by atoms with Gasteiger partial charge in [-0.05, 0) is 76.1 Å². The number of anilines is 3. The van der Waals surface area contributed by atoms with Gasteiger partial charge in [0, 0.05) is 42.8 Å². The van der Waals surface area contributed by atoms with Crippen molar-refractivity contribution in [1.29, 1.82) is 0 Å². The molecular formula is C35H21BN2S. The molecule has 39 heavy (non-hydrogen) atoms. The Morgan fingerprint density at radius 1 is 0.641 bits per heavy atom. The van der Waals surface area contributed by atoms with Crippen molar-refractivity contribution in [1.82, 2.24) is 4.48 Å². The van der Waals surface area contributed by atoms with Gasteiger partial charge in [0.2, 0.25) is 0 Å². The van der Waals surface area contributed by atoms with Crippen molar-refractivity contribution in [2.45, 2.75) is 16.7 Å². The van der Waals surface area contributed by atoms with Crippen molar-refractivity contribution in [2.24, 2.45) is 0 Å². The molecular weight excluding hydrogens is 491 g/mol. The van der Waals surface area contributed by atoms with E-state index in [4.69, 9.17) is 0 Å². The van der Waals surface area contributed by atoms with Gasteiger partial charge in [0.05, 0.1) is 11.4 Å². The van der Waals surface area contributed by atoms with E-state index >= 15 is 0 Å². The predicted molar refractivity (Wildman–Crippen MR) is 166 cm³/mol. The van der Waals surface area contributed by atoms with Gasteiger partial charge in [0.15, 0.2) is 0 Å². The Bertz CT molecular complexity index is 2240. The molecule has 4 heteroatoms. The molecule has 0 saturated carbocycles. The largest absolute Gasteiger partial charge is 0.375 e. The number of nitrogens with zero attached hydrogens (tertiary/aromatic N) is 2. The van der Waals surface area contributed by atoms with Crippen molar-refractivity contribution in [3.63, 3.8) is 0 Å². The van der Waals surface area contributed by atoms with Gasteiger partial charge in [-0.1, -0.05) is 84.6 Å². The van der Waals surface area contributed by atoms with Crippen LogP contribution in [0.25, 0.3) is 43.7 Å². The van der Waals surface area contributed by atoms with Crippen LogP contribution in [0.2, 0.25) is 0 Å². The summed E-state index contributed by atoms with van der Waals surface area (Å²) < 4.78 is 2.66. The van der Waals surface area contributed by atoms with Gasteiger partial charge < -0.3 is 9.38 Å². The zero-order valence-electron chi connectivity index (χ0n) is 21.3. The van der Waals surface area contributed by atoms with Gasteiger partial charge in [-0.2, -0.15) is 0 Å². The number of fused-ring (bicyclic) bond motifs is 10. The lowest BCUT2D eigenvalue weighted by molar-refractivity contribution is 1.16.